The maximum absolute atomic E-state index is 2.48. The van der Waals surface area contributed by atoms with Gasteiger partial charge < -0.3 is 0 Å². The summed E-state index contributed by atoms with van der Waals surface area (Å²) in [6.45, 7) is 4.42. The first-order valence-electron chi connectivity index (χ1n) is 9.88. The van der Waals surface area contributed by atoms with E-state index >= 15 is 0 Å². The molecule has 130 valence electrons. The van der Waals surface area contributed by atoms with E-state index in [1.165, 1.54) is 44.5 Å². The number of benzene rings is 3. The standard InChI is InChI=1S/C27H22/c1-17-11-13-25-21(15-17)19-7-3-5-9-23(19)27(25)24-10-6-4-8-20(24)22-16-18(2)12-14-26(22)27/h3-16,21,25H,1-2H3. The Bertz CT molecular complexity index is 1160. The molecule has 0 aromatic heterocycles. The van der Waals surface area contributed by atoms with E-state index in [1.54, 1.807) is 0 Å². The molecule has 0 fully saturated rings. The van der Waals surface area contributed by atoms with Gasteiger partial charge in [-0.05, 0) is 47.2 Å². The van der Waals surface area contributed by atoms with Crippen molar-refractivity contribution in [1.82, 2.24) is 0 Å². The lowest BCUT2D eigenvalue weighted by atomic mass is 9.65. The quantitative estimate of drug-likeness (QED) is 0.433. The molecule has 3 aliphatic rings. The van der Waals surface area contributed by atoms with Gasteiger partial charge in [0.15, 0.2) is 0 Å². The minimum Gasteiger partial charge on any atom is -0.0787 e. The maximum Gasteiger partial charge on any atom is 0.0537 e. The van der Waals surface area contributed by atoms with Crippen LogP contribution in [0.3, 0.4) is 0 Å². The van der Waals surface area contributed by atoms with Gasteiger partial charge in [-0.25, -0.2) is 0 Å². The van der Waals surface area contributed by atoms with E-state index < -0.39 is 0 Å². The summed E-state index contributed by atoms with van der Waals surface area (Å²) in [4.78, 5) is 0. The second-order valence-corrected chi connectivity index (χ2v) is 8.31. The topological polar surface area (TPSA) is 0 Å². The largest absolute Gasteiger partial charge is 0.0787 e. The third-order valence-corrected chi connectivity index (χ3v) is 6.88. The number of aryl methyl sites for hydroxylation is 1. The number of hydrogen-bond donors (Lipinski definition) is 0. The highest BCUT2D eigenvalue weighted by atomic mass is 14.6. The fourth-order valence-electron chi connectivity index (χ4n) is 5.92. The van der Waals surface area contributed by atoms with Crippen LogP contribution in [0.5, 0.6) is 0 Å². The molecule has 3 aliphatic carbocycles. The minimum atomic E-state index is -0.0748. The van der Waals surface area contributed by atoms with Gasteiger partial charge in [-0.2, -0.15) is 0 Å². The van der Waals surface area contributed by atoms with Crippen LogP contribution in [0, 0.1) is 12.8 Å². The van der Waals surface area contributed by atoms with E-state index in [0.717, 1.165) is 0 Å². The molecule has 0 nitrogen and oxygen atoms in total. The van der Waals surface area contributed by atoms with Crippen LogP contribution in [-0.2, 0) is 5.41 Å². The second-order valence-electron chi connectivity index (χ2n) is 8.31. The van der Waals surface area contributed by atoms with Gasteiger partial charge in [-0.15, -0.1) is 0 Å². The number of rotatable bonds is 0. The smallest absolute Gasteiger partial charge is 0.0537 e. The van der Waals surface area contributed by atoms with Gasteiger partial charge in [0, 0.05) is 11.8 Å². The van der Waals surface area contributed by atoms with Crippen molar-refractivity contribution in [3.63, 3.8) is 0 Å². The molecule has 0 heteroatoms. The van der Waals surface area contributed by atoms with E-state index in [9.17, 15) is 0 Å². The van der Waals surface area contributed by atoms with E-state index in [1.807, 2.05) is 0 Å². The molecular weight excluding hydrogens is 324 g/mol. The minimum absolute atomic E-state index is 0.0748. The van der Waals surface area contributed by atoms with E-state index in [0.29, 0.717) is 11.8 Å². The van der Waals surface area contributed by atoms with Crippen LogP contribution in [0.15, 0.2) is 90.5 Å². The molecule has 0 heterocycles. The molecule has 27 heavy (non-hydrogen) atoms. The average molecular weight is 346 g/mol. The van der Waals surface area contributed by atoms with Crippen LogP contribution < -0.4 is 0 Å². The molecule has 0 saturated carbocycles. The number of hydrogen-bond acceptors (Lipinski definition) is 0. The highest BCUT2D eigenvalue weighted by Gasteiger charge is 2.56. The Morgan fingerprint density at radius 1 is 0.741 bits per heavy atom. The first-order valence-corrected chi connectivity index (χ1v) is 9.88. The molecule has 0 aliphatic heterocycles. The highest BCUT2D eigenvalue weighted by Crippen LogP contribution is 2.65. The molecule has 0 N–H and O–H groups in total. The van der Waals surface area contributed by atoms with Crippen LogP contribution in [0.25, 0.3) is 11.1 Å². The third-order valence-electron chi connectivity index (χ3n) is 6.88. The normalized spacial score (nSPS) is 26.4. The zero-order valence-electron chi connectivity index (χ0n) is 15.7. The Kier molecular flexibility index (Phi) is 2.88. The Morgan fingerprint density at radius 2 is 1.48 bits per heavy atom. The Hall–Kier alpha value is -2.86. The van der Waals surface area contributed by atoms with Crippen LogP contribution in [0.4, 0.5) is 0 Å². The summed E-state index contributed by atoms with van der Waals surface area (Å²) in [5, 5.41) is 0. The van der Waals surface area contributed by atoms with Crippen molar-refractivity contribution in [2.45, 2.75) is 25.2 Å². The molecule has 0 radical (unpaired) electrons. The van der Waals surface area contributed by atoms with Crippen molar-refractivity contribution in [3.8, 4) is 11.1 Å². The molecule has 1 spiro atoms. The molecular formula is C27H22. The lowest BCUT2D eigenvalue weighted by molar-refractivity contribution is 0.464. The van der Waals surface area contributed by atoms with Crippen LogP contribution in [0.1, 0.15) is 40.7 Å². The van der Waals surface area contributed by atoms with Crippen molar-refractivity contribution in [3.05, 3.63) is 118 Å². The monoisotopic (exact) mass is 346 g/mol. The van der Waals surface area contributed by atoms with Gasteiger partial charge in [0.1, 0.15) is 0 Å². The molecule has 3 aromatic carbocycles. The van der Waals surface area contributed by atoms with Crippen molar-refractivity contribution >= 4 is 0 Å². The Balaban J connectivity index is 1.78. The lowest BCUT2D eigenvalue weighted by Gasteiger charge is -2.36. The lowest BCUT2D eigenvalue weighted by Crippen LogP contribution is -2.33. The zero-order valence-corrected chi connectivity index (χ0v) is 15.7. The summed E-state index contributed by atoms with van der Waals surface area (Å²) in [5.41, 5.74) is 11.4. The van der Waals surface area contributed by atoms with Crippen LogP contribution in [0.2, 0.25) is 0 Å². The zero-order chi connectivity index (χ0) is 18.2. The summed E-state index contributed by atoms with van der Waals surface area (Å²) in [6, 6.07) is 25.3. The molecule has 0 amide bonds. The predicted molar refractivity (Wildman–Crippen MR) is 112 cm³/mol. The van der Waals surface area contributed by atoms with E-state index in [4.69, 9.17) is 0 Å². The molecule has 3 atom stereocenters. The fourth-order valence-corrected chi connectivity index (χ4v) is 5.92. The van der Waals surface area contributed by atoms with Gasteiger partial charge >= 0.3 is 0 Å². The molecule has 0 bridgehead atoms. The van der Waals surface area contributed by atoms with Gasteiger partial charge in [-0.1, -0.05) is 96.1 Å². The summed E-state index contributed by atoms with van der Waals surface area (Å²) in [7, 11) is 0. The summed E-state index contributed by atoms with van der Waals surface area (Å²) in [5.74, 6) is 0.884. The fraction of sp³-hybridized carbons (Fsp3) is 0.185. The summed E-state index contributed by atoms with van der Waals surface area (Å²) in [6.07, 6.45) is 7.28. The Morgan fingerprint density at radius 3 is 2.37 bits per heavy atom. The van der Waals surface area contributed by atoms with Crippen LogP contribution >= 0.6 is 0 Å². The number of fused-ring (bicyclic) bond motifs is 10. The predicted octanol–water partition coefficient (Wildman–Crippen LogP) is 6.54. The third kappa shape index (κ3) is 1.74. The molecule has 6 rings (SSSR count). The molecule has 3 aromatic rings. The van der Waals surface area contributed by atoms with Gasteiger partial charge in [0.25, 0.3) is 0 Å². The van der Waals surface area contributed by atoms with Crippen molar-refractivity contribution in [2.24, 2.45) is 5.92 Å². The van der Waals surface area contributed by atoms with Crippen molar-refractivity contribution in [2.75, 3.05) is 0 Å². The molecule has 3 unspecified atom stereocenters. The van der Waals surface area contributed by atoms with Gasteiger partial charge in [-0.3, -0.25) is 0 Å². The van der Waals surface area contributed by atoms with E-state index in [2.05, 4.69) is 98.8 Å². The summed E-state index contributed by atoms with van der Waals surface area (Å²) >= 11 is 0. The maximum atomic E-state index is 2.48. The van der Waals surface area contributed by atoms with Gasteiger partial charge in [0.2, 0.25) is 0 Å². The van der Waals surface area contributed by atoms with Crippen molar-refractivity contribution in [1.29, 1.82) is 0 Å². The first kappa shape index (κ1) is 15.2. The summed E-state index contributed by atoms with van der Waals surface area (Å²) < 4.78 is 0. The van der Waals surface area contributed by atoms with E-state index in [-0.39, 0.29) is 5.41 Å². The van der Waals surface area contributed by atoms with Gasteiger partial charge in [0.05, 0.1) is 5.41 Å². The Labute approximate surface area is 160 Å². The van der Waals surface area contributed by atoms with Crippen LogP contribution in [-0.4, -0.2) is 0 Å². The first-order chi connectivity index (χ1) is 13.2. The van der Waals surface area contributed by atoms with Crippen molar-refractivity contribution < 1.29 is 0 Å². The average Bonchev–Trinajstić information content (AvgIpc) is 3.14. The SMILES string of the molecule is CC1=CC2c3ccccc3C3(c4ccccc4-c4cc(C)ccc43)C2C=C1. The molecule has 0 saturated heterocycles. The second kappa shape index (κ2) is 5.10. The number of allylic oxidation sites excluding steroid dienone is 4. The highest BCUT2D eigenvalue weighted by molar-refractivity contribution is 5.86.